The van der Waals surface area contributed by atoms with Crippen molar-refractivity contribution >= 4 is 0 Å². The van der Waals surface area contributed by atoms with Crippen LogP contribution in [0.3, 0.4) is 0 Å². The molecule has 0 amide bonds. The molecular formula is C15H24FN3. The van der Waals surface area contributed by atoms with Gasteiger partial charge in [0.2, 0.25) is 0 Å². The van der Waals surface area contributed by atoms with E-state index >= 15 is 0 Å². The maximum atomic E-state index is 13.1. The molecule has 0 unspecified atom stereocenters. The summed E-state index contributed by atoms with van der Waals surface area (Å²) in [6, 6.07) is 2.77. The topological polar surface area (TPSA) is 30.7 Å². The first-order chi connectivity index (χ1) is 9.09. The van der Waals surface area contributed by atoms with Crippen molar-refractivity contribution < 1.29 is 4.39 Å². The molecule has 0 fully saturated rings. The van der Waals surface area contributed by atoms with Crippen molar-refractivity contribution in [1.29, 1.82) is 0 Å². The molecule has 0 atom stereocenters. The van der Waals surface area contributed by atoms with Gasteiger partial charge >= 0.3 is 0 Å². The summed E-state index contributed by atoms with van der Waals surface area (Å²) in [5, 5.41) is 4.27. The van der Waals surface area contributed by atoms with Gasteiger partial charge in [-0.3, -0.25) is 9.67 Å². The molecule has 3 nitrogen and oxygen atoms in total. The molecule has 19 heavy (non-hydrogen) atoms. The third-order valence-corrected chi connectivity index (χ3v) is 2.49. The van der Waals surface area contributed by atoms with Crippen LogP contribution < -0.4 is 0 Å². The van der Waals surface area contributed by atoms with Gasteiger partial charge < -0.3 is 0 Å². The van der Waals surface area contributed by atoms with E-state index in [1.807, 2.05) is 48.6 Å². The summed E-state index contributed by atoms with van der Waals surface area (Å²) >= 11 is 0. The van der Waals surface area contributed by atoms with Crippen LogP contribution in [0.5, 0.6) is 0 Å². The van der Waals surface area contributed by atoms with Crippen LogP contribution in [-0.2, 0) is 7.05 Å². The van der Waals surface area contributed by atoms with Crippen molar-refractivity contribution in [2.75, 3.05) is 0 Å². The van der Waals surface area contributed by atoms with Crippen LogP contribution in [0.25, 0.3) is 11.3 Å². The van der Waals surface area contributed by atoms with Crippen LogP contribution in [0.2, 0.25) is 0 Å². The fraction of sp³-hybridized carbons (Fsp3) is 0.467. The van der Waals surface area contributed by atoms with E-state index in [0.717, 1.165) is 17.0 Å². The van der Waals surface area contributed by atoms with Crippen molar-refractivity contribution in [1.82, 2.24) is 14.8 Å². The minimum absolute atomic E-state index is 0.275. The average molecular weight is 265 g/mol. The Morgan fingerprint density at radius 3 is 2.11 bits per heavy atom. The Hall–Kier alpha value is -1.71. The van der Waals surface area contributed by atoms with Gasteiger partial charge in [0.15, 0.2) is 0 Å². The summed E-state index contributed by atoms with van der Waals surface area (Å²) in [5.74, 6) is -0.275. The van der Waals surface area contributed by atoms with Crippen LogP contribution in [0.15, 0.2) is 18.3 Å². The number of pyridine rings is 1. The minimum Gasteiger partial charge on any atom is -0.272 e. The lowest BCUT2D eigenvalue weighted by atomic mass is 10.1. The summed E-state index contributed by atoms with van der Waals surface area (Å²) in [7, 11) is 1.87. The predicted octanol–water partition coefficient (Wildman–Crippen LogP) is 4.29. The molecular weight excluding hydrogens is 241 g/mol. The van der Waals surface area contributed by atoms with Gasteiger partial charge in [-0.2, -0.15) is 5.10 Å². The maximum Gasteiger partial charge on any atom is 0.126 e. The molecule has 0 spiro atoms. The Balaban J connectivity index is 0.000000741. The molecule has 0 N–H and O–H groups in total. The Kier molecular flexibility index (Phi) is 7.65. The molecule has 0 aliphatic heterocycles. The number of rotatable bonds is 1. The standard InChI is InChI=1S/C11H12FN3.2C2H6/c1-7-11(8(2)15(3)14-7)10-6-9(12)4-5-13-10;2*1-2/h4-6H,1-3H3;2*1-2H3. The van der Waals surface area contributed by atoms with Crippen LogP contribution in [0, 0.1) is 19.7 Å². The lowest BCUT2D eigenvalue weighted by Crippen LogP contribution is -1.93. The van der Waals surface area contributed by atoms with Crippen LogP contribution in [0.4, 0.5) is 4.39 Å². The second-order valence-electron chi connectivity index (χ2n) is 3.53. The number of hydrogen-bond donors (Lipinski definition) is 0. The Morgan fingerprint density at radius 1 is 1.11 bits per heavy atom. The summed E-state index contributed by atoms with van der Waals surface area (Å²) in [5.41, 5.74) is 3.41. The van der Waals surface area contributed by atoms with Gasteiger partial charge in [-0.1, -0.05) is 27.7 Å². The molecule has 0 saturated carbocycles. The van der Waals surface area contributed by atoms with E-state index < -0.39 is 0 Å². The fourth-order valence-corrected chi connectivity index (χ4v) is 1.69. The molecule has 2 heterocycles. The SMILES string of the molecule is CC.CC.Cc1nn(C)c(C)c1-c1cc(F)ccn1. The molecule has 106 valence electrons. The normalized spacial score (nSPS) is 9.05. The summed E-state index contributed by atoms with van der Waals surface area (Å²) in [4.78, 5) is 4.15. The maximum absolute atomic E-state index is 13.1. The van der Waals surface area contributed by atoms with Crippen molar-refractivity contribution in [3.8, 4) is 11.3 Å². The first-order valence-electron chi connectivity index (χ1n) is 6.71. The third-order valence-electron chi connectivity index (χ3n) is 2.49. The molecule has 4 heteroatoms. The van der Waals surface area contributed by atoms with Crippen LogP contribution >= 0.6 is 0 Å². The Bertz CT molecular complexity index is 504. The Morgan fingerprint density at radius 2 is 1.68 bits per heavy atom. The van der Waals surface area contributed by atoms with Gasteiger partial charge in [0.25, 0.3) is 0 Å². The van der Waals surface area contributed by atoms with Gasteiger partial charge in [-0.25, -0.2) is 4.39 Å². The zero-order chi connectivity index (χ0) is 15.0. The molecule has 0 aliphatic rings. The van der Waals surface area contributed by atoms with E-state index in [1.54, 1.807) is 4.68 Å². The lowest BCUT2D eigenvalue weighted by molar-refractivity contribution is 0.626. The summed E-state index contributed by atoms with van der Waals surface area (Å²) < 4.78 is 14.8. The molecule has 2 aromatic heterocycles. The highest BCUT2D eigenvalue weighted by Crippen LogP contribution is 2.24. The van der Waals surface area contributed by atoms with Crippen molar-refractivity contribution in [3.63, 3.8) is 0 Å². The minimum atomic E-state index is -0.275. The largest absolute Gasteiger partial charge is 0.272 e. The van der Waals surface area contributed by atoms with E-state index in [-0.39, 0.29) is 5.82 Å². The van der Waals surface area contributed by atoms with Crippen molar-refractivity contribution in [2.24, 2.45) is 7.05 Å². The second kappa shape index (κ2) is 8.40. The summed E-state index contributed by atoms with van der Waals surface area (Å²) in [6.07, 6.45) is 1.47. The van der Waals surface area contributed by atoms with E-state index in [9.17, 15) is 4.39 Å². The highest BCUT2D eigenvalue weighted by Gasteiger charge is 2.12. The van der Waals surface area contributed by atoms with Gasteiger partial charge in [0.05, 0.1) is 11.4 Å². The van der Waals surface area contributed by atoms with Gasteiger partial charge in [-0.15, -0.1) is 0 Å². The van der Waals surface area contributed by atoms with E-state index in [4.69, 9.17) is 0 Å². The number of aromatic nitrogens is 3. The number of halogens is 1. The number of hydrogen-bond acceptors (Lipinski definition) is 2. The Labute approximate surface area is 115 Å². The smallest absolute Gasteiger partial charge is 0.126 e. The zero-order valence-electron chi connectivity index (χ0n) is 13.0. The third kappa shape index (κ3) is 4.16. The predicted molar refractivity (Wildman–Crippen MR) is 78.6 cm³/mol. The second-order valence-corrected chi connectivity index (χ2v) is 3.53. The van der Waals surface area contributed by atoms with Gasteiger partial charge in [0.1, 0.15) is 5.82 Å². The van der Waals surface area contributed by atoms with E-state index in [0.29, 0.717) is 5.69 Å². The van der Waals surface area contributed by atoms with Gasteiger partial charge in [0, 0.05) is 30.6 Å². The monoisotopic (exact) mass is 265 g/mol. The fourth-order valence-electron chi connectivity index (χ4n) is 1.69. The average Bonchev–Trinajstić information content (AvgIpc) is 2.68. The lowest BCUT2D eigenvalue weighted by Gasteiger charge is -2.00. The van der Waals surface area contributed by atoms with Crippen LogP contribution in [0.1, 0.15) is 39.1 Å². The molecule has 2 aromatic rings. The molecule has 0 bridgehead atoms. The number of aryl methyl sites for hydroxylation is 2. The van der Waals surface area contributed by atoms with E-state index in [1.165, 1.54) is 18.3 Å². The first-order valence-corrected chi connectivity index (χ1v) is 6.71. The zero-order valence-corrected chi connectivity index (χ0v) is 13.0. The molecule has 0 radical (unpaired) electrons. The molecule has 0 aliphatic carbocycles. The highest BCUT2D eigenvalue weighted by molar-refractivity contribution is 5.64. The van der Waals surface area contributed by atoms with Crippen molar-refractivity contribution in [3.05, 3.63) is 35.5 Å². The van der Waals surface area contributed by atoms with Crippen LogP contribution in [-0.4, -0.2) is 14.8 Å². The molecule has 2 rings (SSSR count). The van der Waals surface area contributed by atoms with Crippen molar-refractivity contribution in [2.45, 2.75) is 41.5 Å². The van der Waals surface area contributed by atoms with E-state index in [2.05, 4.69) is 10.1 Å². The quantitative estimate of drug-likeness (QED) is 0.770. The highest BCUT2D eigenvalue weighted by atomic mass is 19.1. The summed E-state index contributed by atoms with van der Waals surface area (Å²) in [6.45, 7) is 11.8. The molecule has 0 aromatic carbocycles. The first kappa shape index (κ1) is 17.3. The number of nitrogens with zero attached hydrogens (tertiary/aromatic N) is 3. The van der Waals surface area contributed by atoms with Gasteiger partial charge in [-0.05, 0) is 19.9 Å². The molecule has 0 saturated heterocycles.